The van der Waals surface area contributed by atoms with Gasteiger partial charge in [0.15, 0.2) is 0 Å². The number of hydrogen-bond acceptors (Lipinski definition) is 2. The molecule has 2 aliphatic rings. The maximum Gasteiger partial charge on any atom is 0.125 e. The summed E-state index contributed by atoms with van der Waals surface area (Å²) in [5.74, 6) is 1.85. The monoisotopic (exact) mass is 281 g/mol. The van der Waals surface area contributed by atoms with E-state index in [1.54, 1.807) is 0 Å². The Hall–Kier alpha value is -0.540. The van der Waals surface area contributed by atoms with Gasteiger partial charge in [-0.3, -0.25) is 0 Å². The maximum atomic E-state index is 6.10. The number of rotatable bonds is 2. The van der Waals surface area contributed by atoms with Gasteiger partial charge in [-0.1, -0.05) is 22.0 Å². The highest BCUT2D eigenvalue weighted by molar-refractivity contribution is 9.10. The molecule has 0 saturated heterocycles. The first-order valence-electron chi connectivity index (χ1n) is 5.91. The number of benzene rings is 1. The van der Waals surface area contributed by atoms with Crippen LogP contribution in [0.15, 0.2) is 22.7 Å². The van der Waals surface area contributed by atoms with Crippen LogP contribution in [0.3, 0.4) is 0 Å². The van der Waals surface area contributed by atoms with Gasteiger partial charge in [-0.05, 0) is 37.9 Å². The van der Waals surface area contributed by atoms with Gasteiger partial charge in [0.1, 0.15) is 11.9 Å². The van der Waals surface area contributed by atoms with Crippen molar-refractivity contribution in [1.82, 2.24) is 5.32 Å². The van der Waals surface area contributed by atoms with E-state index in [4.69, 9.17) is 4.74 Å². The highest BCUT2D eigenvalue weighted by atomic mass is 79.9. The van der Waals surface area contributed by atoms with E-state index in [2.05, 4.69) is 39.4 Å². The molecule has 0 spiro atoms. The summed E-state index contributed by atoms with van der Waals surface area (Å²) in [6, 6.07) is 6.78. The average molecular weight is 282 g/mol. The third-order valence-corrected chi connectivity index (χ3v) is 4.09. The largest absolute Gasteiger partial charge is 0.490 e. The highest BCUT2D eigenvalue weighted by Crippen LogP contribution is 2.44. The molecule has 1 aliphatic heterocycles. The lowest BCUT2D eigenvalue weighted by Gasteiger charge is -2.32. The molecule has 0 amide bonds. The smallest absolute Gasteiger partial charge is 0.125 e. The molecule has 86 valence electrons. The molecule has 0 bridgehead atoms. The predicted octanol–water partition coefficient (Wildman–Crippen LogP) is 3.27. The minimum atomic E-state index is 0.416. The molecule has 2 nitrogen and oxygen atoms in total. The van der Waals surface area contributed by atoms with Gasteiger partial charge in [0.2, 0.25) is 0 Å². The summed E-state index contributed by atoms with van der Waals surface area (Å²) in [5.41, 5.74) is 1.29. The molecular weight excluding hydrogens is 266 g/mol. The number of nitrogens with one attached hydrogen (secondary N) is 1. The van der Waals surface area contributed by atoms with E-state index in [1.165, 1.54) is 18.4 Å². The molecule has 2 unspecified atom stereocenters. The summed E-state index contributed by atoms with van der Waals surface area (Å²) in [4.78, 5) is 0. The fourth-order valence-electron chi connectivity index (χ4n) is 2.50. The summed E-state index contributed by atoms with van der Waals surface area (Å²) in [6.45, 7) is 0. The van der Waals surface area contributed by atoms with Crippen LogP contribution >= 0.6 is 15.9 Å². The number of ether oxygens (including phenoxy) is 1. The number of halogens is 1. The Morgan fingerprint density at radius 2 is 2.19 bits per heavy atom. The summed E-state index contributed by atoms with van der Waals surface area (Å²) in [7, 11) is 2.03. The second-order valence-corrected chi connectivity index (χ2v) is 5.67. The second-order valence-electron chi connectivity index (χ2n) is 4.75. The van der Waals surface area contributed by atoms with Crippen molar-refractivity contribution in [3.63, 3.8) is 0 Å². The molecule has 3 heteroatoms. The fourth-order valence-corrected chi connectivity index (χ4v) is 2.84. The first-order chi connectivity index (χ1) is 7.78. The van der Waals surface area contributed by atoms with Crippen molar-refractivity contribution in [2.45, 2.75) is 31.4 Å². The van der Waals surface area contributed by atoms with Crippen LogP contribution in [-0.4, -0.2) is 13.2 Å². The van der Waals surface area contributed by atoms with Gasteiger partial charge in [0.05, 0.1) is 0 Å². The molecule has 1 saturated carbocycles. The van der Waals surface area contributed by atoms with Gasteiger partial charge in [-0.15, -0.1) is 0 Å². The lowest BCUT2D eigenvalue weighted by atomic mass is 9.94. The summed E-state index contributed by atoms with van der Waals surface area (Å²) < 4.78 is 7.19. The molecule has 3 rings (SSSR count). The van der Waals surface area contributed by atoms with Gasteiger partial charge in [0, 0.05) is 22.5 Å². The lowest BCUT2D eigenvalue weighted by Crippen LogP contribution is -2.32. The van der Waals surface area contributed by atoms with E-state index < -0.39 is 0 Å². The quantitative estimate of drug-likeness (QED) is 0.899. The Labute approximate surface area is 105 Å². The van der Waals surface area contributed by atoms with Crippen LogP contribution in [0.5, 0.6) is 5.75 Å². The predicted molar refractivity (Wildman–Crippen MR) is 67.7 cm³/mol. The van der Waals surface area contributed by atoms with E-state index in [0.29, 0.717) is 12.1 Å². The number of hydrogen-bond donors (Lipinski definition) is 1. The first-order valence-corrected chi connectivity index (χ1v) is 6.70. The van der Waals surface area contributed by atoms with Crippen molar-refractivity contribution in [1.29, 1.82) is 0 Å². The third-order valence-electron chi connectivity index (χ3n) is 3.59. The molecule has 1 aromatic carbocycles. The Morgan fingerprint density at radius 1 is 1.38 bits per heavy atom. The van der Waals surface area contributed by atoms with Crippen molar-refractivity contribution in [3.05, 3.63) is 28.2 Å². The Balaban J connectivity index is 1.94. The van der Waals surface area contributed by atoms with E-state index in [-0.39, 0.29) is 0 Å². The van der Waals surface area contributed by atoms with Crippen LogP contribution < -0.4 is 10.1 Å². The minimum absolute atomic E-state index is 0.416. The van der Waals surface area contributed by atoms with Crippen molar-refractivity contribution in [2.75, 3.05) is 7.05 Å². The molecule has 2 atom stereocenters. The zero-order valence-corrected chi connectivity index (χ0v) is 11.0. The third kappa shape index (κ3) is 1.87. The Bertz CT molecular complexity index is 403. The summed E-state index contributed by atoms with van der Waals surface area (Å²) >= 11 is 3.50. The SMILES string of the molecule is CNC1CC(C2CC2)Oc2cc(Br)ccc21. The van der Waals surface area contributed by atoms with Crippen molar-refractivity contribution in [2.24, 2.45) is 5.92 Å². The van der Waals surface area contributed by atoms with Gasteiger partial charge in [-0.2, -0.15) is 0 Å². The lowest BCUT2D eigenvalue weighted by molar-refractivity contribution is 0.131. The van der Waals surface area contributed by atoms with Gasteiger partial charge in [-0.25, -0.2) is 0 Å². The average Bonchev–Trinajstić information content (AvgIpc) is 3.10. The van der Waals surface area contributed by atoms with Crippen molar-refractivity contribution in [3.8, 4) is 5.75 Å². The molecule has 1 N–H and O–H groups in total. The van der Waals surface area contributed by atoms with Crippen LogP contribution in [0.2, 0.25) is 0 Å². The van der Waals surface area contributed by atoms with Gasteiger partial charge < -0.3 is 10.1 Å². The zero-order chi connectivity index (χ0) is 11.1. The van der Waals surface area contributed by atoms with Crippen molar-refractivity contribution < 1.29 is 4.74 Å². The molecule has 1 heterocycles. The molecule has 1 aromatic rings. The molecule has 1 fully saturated rings. The summed E-state index contributed by atoms with van der Waals surface area (Å²) in [6.07, 6.45) is 4.20. The van der Waals surface area contributed by atoms with Gasteiger partial charge in [0.25, 0.3) is 0 Å². The van der Waals surface area contributed by atoms with E-state index >= 15 is 0 Å². The summed E-state index contributed by atoms with van der Waals surface area (Å²) in [5, 5.41) is 3.40. The molecule has 0 aromatic heterocycles. The second kappa shape index (κ2) is 4.04. The normalized spacial score (nSPS) is 28.4. The van der Waals surface area contributed by atoms with Crippen molar-refractivity contribution >= 4 is 15.9 Å². The Morgan fingerprint density at radius 3 is 2.88 bits per heavy atom. The van der Waals surface area contributed by atoms with Crippen LogP contribution in [0.4, 0.5) is 0 Å². The first kappa shape index (κ1) is 10.6. The van der Waals surface area contributed by atoms with E-state index in [0.717, 1.165) is 22.6 Å². The number of fused-ring (bicyclic) bond motifs is 1. The molecule has 0 radical (unpaired) electrons. The van der Waals surface area contributed by atoms with Crippen LogP contribution in [-0.2, 0) is 0 Å². The van der Waals surface area contributed by atoms with Crippen LogP contribution in [0, 0.1) is 5.92 Å². The van der Waals surface area contributed by atoms with Gasteiger partial charge >= 0.3 is 0 Å². The minimum Gasteiger partial charge on any atom is -0.490 e. The fraction of sp³-hybridized carbons (Fsp3) is 0.538. The van der Waals surface area contributed by atoms with Crippen LogP contribution in [0.25, 0.3) is 0 Å². The van der Waals surface area contributed by atoms with Crippen LogP contribution in [0.1, 0.15) is 30.9 Å². The molecule has 1 aliphatic carbocycles. The molecular formula is C13H16BrNO. The van der Waals surface area contributed by atoms with E-state index in [9.17, 15) is 0 Å². The topological polar surface area (TPSA) is 21.3 Å². The standard InChI is InChI=1S/C13H16BrNO/c1-15-11-7-12(8-2-3-8)16-13-6-9(14)4-5-10(11)13/h4-6,8,11-12,15H,2-3,7H2,1H3. The highest BCUT2D eigenvalue weighted by Gasteiger charge is 2.38. The Kier molecular flexibility index (Phi) is 2.68. The zero-order valence-electron chi connectivity index (χ0n) is 9.37. The van der Waals surface area contributed by atoms with E-state index in [1.807, 2.05) is 7.05 Å². The molecule has 16 heavy (non-hydrogen) atoms. The maximum absolute atomic E-state index is 6.10.